The lowest BCUT2D eigenvalue weighted by Crippen LogP contribution is -2.45. The number of nitrogens with zero attached hydrogens (tertiary/aromatic N) is 1. The molecule has 3 N–H and O–H groups in total. The monoisotopic (exact) mass is 252 g/mol. The molecule has 5 heteroatoms. The van der Waals surface area contributed by atoms with Crippen LogP contribution in [0.3, 0.4) is 0 Å². The molecule has 5 nitrogen and oxygen atoms in total. The minimum atomic E-state index is -0.487. The number of benzene rings is 1. The van der Waals surface area contributed by atoms with Gasteiger partial charge in [-0.25, -0.2) is 4.79 Å². The molecule has 0 saturated carbocycles. The van der Waals surface area contributed by atoms with Crippen molar-refractivity contribution in [3.63, 3.8) is 0 Å². The molecule has 0 radical (unpaired) electrons. The maximum Gasteiger partial charge on any atom is 0.340 e. The molecule has 100 valence electrons. The minimum Gasteiger partial charge on any atom is -0.465 e. The summed E-state index contributed by atoms with van der Waals surface area (Å²) in [7, 11) is 3.14. The molecular weight excluding hydrogens is 232 g/mol. The number of carbonyl (C=O) groups excluding carboxylic acids is 1. The van der Waals surface area contributed by atoms with Crippen molar-refractivity contribution in [3.8, 4) is 0 Å². The van der Waals surface area contributed by atoms with Gasteiger partial charge in [-0.15, -0.1) is 0 Å². The summed E-state index contributed by atoms with van der Waals surface area (Å²) in [6.45, 7) is 3.73. The number of nitrogen functional groups attached to an aromatic ring is 1. The Labute approximate surface area is 107 Å². The van der Waals surface area contributed by atoms with Gasteiger partial charge in [0.25, 0.3) is 0 Å². The highest BCUT2D eigenvalue weighted by Crippen LogP contribution is 2.28. The molecule has 0 amide bonds. The van der Waals surface area contributed by atoms with E-state index in [2.05, 4.69) is 0 Å². The van der Waals surface area contributed by atoms with Crippen molar-refractivity contribution >= 4 is 17.3 Å². The molecule has 0 fully saturated rings. The molecule has 1 aromatic rings. The number of nitrogens with two attached hydrogens (primary N) is 1. The van der Waals surface area contributed by atoms with Crippen molar-refractivity contribution in [2.45, 2.75) is 19.4 Å². The lowest BCUT2D eigenvalue weighted by Gasteiger charge is -2.36. The van der Waals surface area contributed by atoms with Gasteiger partial charge in [0.1, 0.15) is 0 Å². The topological polar surface area (TPSA) is 75.8 Å². The van der Waals surface area contributed by atoms with Crippen LogP contribution in [0.4, 0.5) is 11.4 Å². The summed E-state index contributed by atoms with van der Waals surface area (Å²) in [6.07, 6.45) is 0. The zero-order valence-corrected chi connectivity index (χ0v) is 11.2. The van der Waals surface area contributed by atoms with Crippen LogP contribution in [0.15, 0.2) is 18.2 Å². The van der Waals surface area contributed by atoms with E-state index in [0.29, 0.717) is 16.9 Å². The SMILES string of the molecule is COC(=O)c1cc(N)ccc1N(C)C(C)(C)CO. The first-order valence-corrected chi connectivity index (χ1v) is 5.66. The van der Waals surface area contributed by atoms with E-state index in [9.17, 15) is 9.90 Å². The van der Waals surface area contributed by atoms with Gasteiger partial charge in [-0.2, -0.15) is 0 Å². The number of aliphatic hydroxyl groups excluding tert-OH is 1. The highest BCUT2D eigenvalue weighted by Gasteiger charge is 2.26. The number of likely N-dealkylation sites (N-methyl/N-ethyl adjacent to an activating group) is 1. The summed E-state index contributed by atoms with van der Waals surface area (Å²) >= 11 is 0. The van der Waals surface area contributed by atoms with E-state index >= 15 is 0 Å². The van der Waals surface area contributed by atoms with E-state index in [1.165, 1.54) is 7.11 Å². The highest BCUT2D eigenvalue weighted by molar-refractivity contribution is 5.97. The van der Waals surface area contributed by atoms with E-state index in [1.54, 1.807) is 18.2 Å². The molecule has 0 aliphatic heterocycles. The van der Waals surface area contributed by atoms with Crippen molar-refractivity contribution in [2.75, 3.05) is 31.4 Å². The van der Waals surface area contributed by atoms with Gasteiger partial charge in [-0.3, -0.25) is 0 Å². The molecule has 0 aliphatic carbocycles. The summed E-state index contributed by atoms with van der Waals surface area (Å²) in [6, 6.07) is 5.04. The molecule has 0 heterocycles. The Morgan fingerprint density at radius 3 is 2.61 bits per heavy atom. The van der Waals surface area contributed by atoms with E-state index in [-0.39, 0.29) is 6.61 Å². The van der Waals surface area contributed by atoms with Gasteiger partial charge in [-0.05, 0) is 32.0 Å². The Morgan fingerprint density at radius 1 is 1.50 bits per heavy atom. The number of carbonyl (C=O) groups is 1. The Kier molecular flexibility index (Phi) is 4.19. The number of ether oxygens (including phenoxy) is 1. The number of anilines is 2. The number of aliphatic hydroxyl groups is 1. The summed E-state index contributed by atoms with van der Waals surface area (Å²) < 4.78 is 4.74. The van der Waals surface area contributed by atoms with Gasteiger partial charge in [0.2, 0.25) is 0 Å². The maximum absolute atomic E-state index is 11.7. The molecule has 1 aromatic carbocycles. The Morgan fingerprint density at radius 2 is 2.11 bits per heavy atom. The number of esters is 1. The zero-order valence-electron chi connectivity index (χ0n) is 11.2. The number of hydrogen-bond donors (Lipinski definition) is 2. The normalized spacial score (nSPS) is 11.2. The van der Waals surface area contributed by atoms with Crippen LogP contribution in [-0.2, 0) is 4.74 Å². The van der Waals surface area contributed by atoms with Crippen LogP contribution in [-0.4, -0.2) is 37.4 Å². The largest absolute Gasteiger partial charge is 0.465 e. The average Bonchev–Trinajstić information content (AvgIpc) is 2.36. The third-order valence-corrected chi connectivity index (χ3v) is 3.08. The highest BCUT2D eigenvalue weighted by atomic mass is 16.5. The molecular formula is C13H20N2O3. The van der Waals surface area contributed by atoms with E-state index in [4.69, 9.17) is 10.5 Å². The van der Waals surface area contributed by atoms with Crippen LogP contribution >= 0.6 is 0 Å². The van der Waals surface area contributed by atoms with Gasteiger partial charge < -0.3 is 20.5 Å². The van der Waals surface area contributed by atoms with E-state index < -0.39 is 11.5 Å². The van der Waals surface area contributed by atoms with Crippen molar-refractivity contribution in [1.29, 1.82) is 0 Å². The van der Waals surface area contributed by atoms with E-state index in [0.717, 1.165) is 0 Å². The van der Waals surface area contributed by atoms with Crippen molar-refractivity contribution in [2.24, 2.45) is 0 Å². The number of rotatable bonds is 4. The third kappa shape index (κ3) is 2.73. The first kappa shape index (κ1) is 14.3. The molecule has 0 bridgehead atoms. The fourth-order valence-electron chi connectivity index (χ4n) is 1.55. The maximum atomic E-state index is 11.7. The molecule has 0 atom stereocenters. The second kappa shape index (κ2) is 5.27. The van der Waals surface area contributed by atoms with Gasteiger partial charge in [0, 0.05) is 12.7 Å². The van der Waals surface area contributed by atoms with Crippen LogP contribution in [0.1, 0.15) is 24.2 Å². The lowest BCUT2D eigenvalue weighted by atomic mass is 10.0. The van der Waals surface area contributed by atoms with Crippen molar-refractivity contribution in [3.05, 3.63) is 23.8 Å². The molecule has 1 rings (SSSR count). The fraction of sp³-hybridized carbons (Fsp3) is 0.462. The van der Waals surface area contributed by atoms with Gasteiger partial charge >= 0.3 is 5.97 Å². The van der Waals surface area contributed by atoms with Gasteiger partial charge in [0.15, 0.2) is 0 Å². The average molecular weight is 252 g/mol. The summed E-state index contributed by atoms with van der Waals surface area (Å²) in [4.78, 5) is 13.6. The molecule has 18 heavy (non-hydrogen) atoms. The second-order valence-corrected chi connectivity index (χ2v) is 4.80. The summed E-state index contributed by atoms with van der Waals surface area (Å²) in [5, 5.41) is 9.38. The minimum absolute atomic E-state index is 0.0332. The first-order valence-electron chi connectivity index (χ1n) is 5.66. The fourth-order valence-corrected chi connectivity index (χ4v) is 1.55. The Bertz CT molecular complexity index is 444. The molecule has 0 saturated heterocycles. The van der Waals surface area contributed by atoms with Crippen LogP contribution in [0.25, 0.3) is 0 Å². The summed E-state index contributed by atoms with van der Waals surface area (Å²) in [5.41, 5.74) is 6.76. The summed E-state index contributed by atoms with van der Waals surface area (Å²) in [5.74, 6) is -0.446. The van der Waals surface area contributed by atoms with Crippen LogP contribution in [0.2, 0.25) is 0 Å². The lowest BCUT2D eigenvalue weighted by molar-refractivity contribution is 0.0601. The smallest absolute Gasteiger partial charge is 0.340 e. The predicted octanol–water partition coefficient (Wildman–Crippen LogP) is 1.26. The molecule has 0 aromatic heterocycles. The third-order valence-electron chi connectivity index (χ3n) is 3.08. The van der Waals surface area contributed by atoms with Gasteiger partial charge in [-0.1, -0.05) is 0 Å². The zero-order chi connectivity index (χ0) is 13.9. The van der Waals surface area contributed by atoms with Crippen molar-refractivity contribution in [1.82, 2.24) is 0 Å². The second-order valence-electron chi connectivity index (χ2n) is 4.80. The molecule has 0 aliphatic rings. The van der Waals surface area contributed by atoms with E-state index in [1.807, 2.05) is 25.8 Å². The Balaban J connectivity index is 3.28. The quantitative estimate of drug-likeness (QED) is 0.623. The number of methoxy groups -OCH3 is 1. The van der Waals surface area contributed by atoms with Crippen LogP contribution in [0.5, 0.6) is 0 Å². The predicted molar refractivity (Wildman–Crippen MR) is 71.8 cm³/mol. The first-order chi connectivity index (χ1) is 8.33. The molecule has 0 unspecified atom stereocenters. The van der Waals surface area contributed by atoms with Gasteiger partial charge in [0.05, 0.1) is 30.5 Å². The van der Waals surface area contributed by atoms with Crippen molar-refractivity contribution < 1.29 is 14.6 Å². The van der Waals surface area contributed by atoms with Crippen LogP contribution < -0.4 is 10.6 Å². The van der Waals surface area contributed by atoms with Crippen LogP contribution in [0, 0.1) is 0 Å². The Hall–Kier alpha value is -1.75. The number of hydrogen-bond acceptors (Lipinski definition) is 5. The standard InChI is InChI=1S/C13H20N2O3/c1-13(2,8-16)15(3)11-6-5-9(14)7-10(11)12(17)18-4/h5-7,16H,8,14H2,1-4H3. The molecule has 0 spiro atoms.